The molecule has 1 aliphatic heterocycles. The molecule has 1 fully saturated rings. The normalized spacial score (nSPS) is 22.2. The number of rotatable bonds is 5. The molecular formula is C12H25N3OS. The van der Waals surface area contributed by atoms with Crippen LogP contribution in [-0.2, 0) is 4.74 Å². The Bertz CT molecular complexity index is 252. The van der Waals surface area contributed by atoms with Crippen molar-refractivity contribution >= 4 is 17.7 Å². The quantitative estimate of drug-likeness (QED) is 0.581. The smallest absolute Gasteiger partial charge is 0.188 e. The van der Waals surface area contributed by atoms with Gasteiger partial charge in [0.2, 0.25) is 0 Å². The third-order valence-corrected chi connectivity index (χ3v) is 4.78. The molecule has 0 aromatic rings. The van der Waals surface area contributed by atoms with Crippen LogP contribution in [0.25, 0.3) is 0 Å². The minimum Gasteiger partial charge on any atom is -0.381 e. The molecule has 0 aromatic heterocycles. The van der Waals surface area contributed by atoms with E-state index in [0.717, 1.165) is 39.0 Å². The van der Waals surface area contributed by atoms with Crippen LogP contribution in [-0.4, -0.2) is 42.8 Å². The Kier molecular flexibility index (Phi) is 6.12. The number of hydrogen-bond donors (Lipinski definition) is 2. The summed E-state index contributed by atoms with van der Waals surface area (Å²) < 4.78 is 5.63. The van der Waals surface area contributed by atoms with Gasteiger partial charge in [-0.2, -0.15) is 11.8 Å². The predicted octanol–water partition coefficient (Wildman–Crippen LogP) is 1.60. The Morgan fingerprint density at radius 2 is 2.18 bits per heavy atom. The highest BCUT2D eigenvalue weighted by Crippen LogP contribution is 2.33. The van der Waals surface area contributed by atoms with Gasteiger partial charge < -0.3 is 15.8 Å². The van der Waals surface area contributed by atoms with Gasteiger partial charge in [-0.15, -0.1) is 0 Å². The summed E-state index contributed by atoms with van der Waals surface area (Å²) in [5, 5.41) is 3.20. The molecule has 0 aromatic carbocycles. The van der Waals surface area contributed by atoms with E-state index >= 15 is 0 Å². The number of nitrogens with zero attached hydrogens (tertiary/aromatic N) is 1. The molecule has 0 aliphatic carbocycles. The summed E-state index contributed by atoms with van der Waals surface area (Å²) in [6.07, 6.45) is 5.33. The zero-order valence-electron chi connectivity index (χ0n) is 11.2. The third kappa shape index (κ3) is 4.76. The fraction of sp³-hybridized carbons (Fsp3) is 0.917. The van der Waals surface area contributed by atoms with Crippen LogP contribution in [0.5, 0.6) is 0 Å². The van der Waals surface area contributed by atoms with E-state index in [4.69, 9.17) is 10.5 Å². The van der Waals surface area contributed by atoms with E-state index in [-0.39, 0.29) is 4.75 Å². The van der Waals surface area contributed by atoms with Gasteiger partial charge in [0.1, 0.15) is 0 Å². The fourth-order valence-electron chi connectivity index (χ4n) is 1.80. The van der Waals surface area contributed by atoms with E-state index in [0.29, 0.717) is 12.0 Å². The van der Waals surface area contributed by atoms with Crippen LogP contribution in [0.4, 0.5) is 0 Å². The van der Waals surface area contributed by atoms with Crippen molar-refractivity contribution in [3.05, 3.63) is 0 Å². The van der Waals surface area contributed by atoms with E-state index in [9.17, 15) is 0 Å². The second kappa shape index (κ2) is 7.11. The van der Waals surface area contributed by atoms with E-state index in [1.54, 1.807) is 0 Å². The number of thioether (sulfide) groups is 1. The molecule has 1 unspecified atom stereocenters. The monoisotopic (exact) mass is 259 g/mol. The maximum atomic E-state index is 5.88. The molecule has 0 bridgehead atoms. The van der Waals surface area contributed by atoms with Gasteiger partial charge >= 0.3 is 0 Å². The minimum absolute atomic E-state index is 0.222. The Morgan fingerprint density at radius 3 is 2.71 bits per heavy atom. The molecule has 1 saturated heterocycles. The van der Waals surface area contributed by atoms with Crippen molar-refractivity contribution in [2.24, 2.45) is 10.7 Å². The predicted molar refractivity (Wildman–Crippen MR) is 75.7 cm³/mol. The fourth-order valence-corrected chi connectivity index (χ4v) is 2.57. The largest absolute Gasteiger partial charge is 0.381 e. The topological polar surface area (TPSA) is 59.6 Å². The number of aliphatic imine (C=N–C) groups is 1. The van der Waals surface area contributed by atoms with Crippen LogP contribution in [0.1, 0.15) is 33.1 Å². The third-order valence-electron chi connectivity index (χ3n) is 3.38. The molecule has 0 radical (unpaired) electrons. The molecule has 1 rings (SSSR count). The van der Waals surface area contributed by atoms with Crippen LogP contribution < -0.4 is 11.1 Å². The van der Waals surface area contributed by atoms with E-state index in [1.165, 1.54) is 0 Å². The summed E-state index contributed by atoms with van der Waals surface area (Å²) in [4.78, 5) is 4.49. The number of nitrogens with one attached hydrogen (secondary N) is 1. The molecule has 1 atom stereocenters. The first-order valence-corrected chi connectivity index (χ1v) is 7.54. The lowest BCUT2D eigenvalue weighted by atomic mass is 9.99. The lowest BCUT2D eigenvalue weighted by Crippen LogP contribution is -2.41. The lowest BCUT2D eigenvalue weighted by molar-refractivity contribution is 0.0794. The minimum atomic E-state index is 0.222. The maximum absolute atomic E-state index is 5.88. The van der Waals surface area contributed by atoms with Gasteiger partial charge in [0.25, 0.3) is 0 Å². The zero-order chi connectivity index (χ0) is 12.7. The number of ether oxygens (including phenoxy) is 1. The molecule has 17 heavy (non-hydrogen) atoms. The molecule has 100 valence electrons. The SMILES string of the molecule is CCC(C)NC(N)=NCC1(SC)CCOCC1. The van der Waals surface area contributed by atoms with Crippen LogP contribution in [0.2, 0.25) is 0 Å². The standard InChI is InChI=1S/C12H25N3OS/c1-4-10(2)15-11(13)14-9-12(17-3)5-7-16-8-6-12/h10H,4-9H2,1-3H3,(H3,13,14,15). The summed E-state index contributed by atoms with van der Waals surface area (Å²) in [6.45, 7) is 6.71. The first kappa shape index (κ1) is 14.6. The molecular weight excluding hydrogens is 234 g/mol. The summed E-state index contributed by atoms with van der Waals surface area (Å²) >= 11 is 1.89. The Morgan fingerprint density at radius 1 is 1.53 bits per heavy atom. The van der Waals surface area contributed by atoms with Gasteiger partial charge in [-0.25, -0.2) is 0 Å². The van der Waals surface area contributed by atoms with Gasteiger partial charge in [0.05, 0.1) is 6.54 Å². The van der Waals surface area contributed by atoms with Gasteiger partial charge in [0, 0.05) is 24.0 Å². The van der Waals surface area contributed by atoms with E-state index in [1.807, 2.05) is 11.8 Å². The summed E-state index contributed by atoms with van der Waals surface area (Å²) in [5.74, 6) is 0.569. The van der Waals surface area contributed by atoms with Crippen molar-refractivity contribution in [2.75, 3.05) is 26.0 Å². The molecule has 0 saturated carbocycles. The zero-order valence-corrected chi connectivity index (χ0v) is 12.0. The van der Waals surface area contributed by atoms with Crippen molar-refractivity contribution in [3.63, 3.8) is 0 Å². The highest BCUT2D eigenvalue weighted by Gasteiger charge is 2.31. The van der Waals surface area contributed by atoms with Crippen molar-refractivity contribution in [2.45, 2.75) is 43.9 Å². The molecule has 5 heteroatoms. The molecule has 0 spiro atoms. The summed E-state index contributed by atoms with van der Waals surface area (Å²) in [7, 11) is 0. The molecule has 4 nitrogen and oxygen atoms in total. The molecule has 1 aliphatic rings. The van der Waals surface area contributed by atoms with E-state index in [2.05, 4.69) is 30.4 Å². The summed E-state index contributed by atoms with van der Waals surface area (Å²) in [6, 6.07) is 0.388. The average Bonchev–Trinajstić information content (AvgIpc) is 2.37. The van der Waals surface area contributed by atoms with Crippen molar-refractivity contribution < 1.29 is 4.74 Å². The van der Waals surface area contributed by atoms with Crippen molar-refractivity contribution in [1.82, 2.24) is 5.32 Å². The second-order valence-corrected chi connectivity index (χ2v) is 5.93. The first-order valence-electron chi connectivity index (χ1n) is 6.31. The van der Waals surface area contributed by atoms with E-state index < -0.39 is 0 Å². The summed E-state index contributed by atoms with van der Waals surface area (Å²) in [5.41, 5.74) is 5.88. The van der Waals surface area contributed by atoms with Gasteiger partial charge in [-0.1, -0.05) is 6.92 Å². The Hall–Kier alpha value is -0.420. The number of nitrogens with two attached hydrogens (primary N) is 1. The Balaban J connectivity index is 2.47. The maximum Gasteiger partial charge on any atom is 0.188 e. The van der Waals surface area contributed by atoms with Crippen molar-refractivity contribution in [3.8, 4) is 0 Å². The molecule has 3 N–H and O–H groups in total. The number of hydrogen-bond acceptors (Lipinski definition) is 3. The highest BCUT2D eigenvalue weighted by atomic mass is 32.2. The average molecular weight is 259 g/mol. The van der Waals surface area contributed by atoms with Crippen molar-refractivity contribution in [1.29, 1.82) is 0 Å². The van der Waals surface area contributed by atoms with Gasteiger partial charge in [0.15, 0.2) is 5.96 Å². The van der Waals surface area contributed by atoms with Crippen LogP contribution in [0.15, 0.2) is 4.99 Å². The van der Waals surface area contributed by atoms with Gasteiger partial charge in [-0.3, -0.25) is 4.99 Å². The molecule has 0 amide bonds. The highest BCUT2D eigenvalue weighted by molar-refractivity contribution is 8.00. The Labute approximate surface area is 109 Å². The molecule has 1 heterocycles. The van der Waals surface area contributed by atoms with Gasteiger partial charge in [-0.05, 0) is 32.4 Å². The second-order valence-electron chi connectivity index (χ2n) is 4.65. The first-order chi connectivity index (χ1) is 8.12. The number of guanidine groups is 1. The van der Waals surface area contributed by atoms with Crippen LogP contribution in [0.3, 0.4) is 0 Å². The lowest BCUT2D eigenvalue weighted by Gasteiger charge is -2.34. The van der Waals surface area contributed by atoms with Crippen LogP contribution >= 0.6 is 11.8 Å². The van der Waals surface area contributed by atoms with Crippen LogP contribution in [0, 0.1) is 0 Å².